The molecule has 3 rings (SSSR count). The summed E-state index contributed by atoms with van der Waals surface area (Å²) < 4.78 is 0. The normalized spacial score (nSPS) is 18.2. The number of aliphatic hydroxyl groups is 1. The molecule has 0 aliphatic carbocycles. The molecule has 6 heteroatoms. The lowest BCUT2D eigenvalue weighted by molar-refractivity contribution is 0.0669. The Bertz CT molecular complexity index is 690. The number of carbonyl (C=O) groups excluding carboxylic acids is 1. The van der Waals surface area contributed by atoms with E-state index >= 15 is 0 Å². The van der Waals surface area contributed by atoms with Crippen LogP contribution in [0.1, 0.15) is 46.2 Å². The molecule has 2 atom stereocenters. The van der Waals surface area contributed by atoms with Crippen molar-refractivity contribution in [3.8, 4) is 0 Å². The number of hydrogen-bond acceptors (Lipinski definition) is 4. The zero-order valence-corrected chi connectivity index (χ0v) is 15.3. The molecule has 0 spiro atoms. The van der Waals surface area contributed by atoms with Crippen LogP contribution in [0.3, 0.4) is 0 Å². The predicted molar refractivity (Wildman–Crippen MR) is 101 cm³/mol. The minimum Gasteiger partial charge on any atom is -0.399 e. The molecular formula is C18H23ClN2O2S. The molecule has 24 heavy (non-hydrogen) atoms. The number of nitrogens with zero attached hydrogens (tertiary/aromatic N) is 1. The number of carbonyl (C=O) groups is 1. The smallest absolute Gasteiger partial charge is 0.254 e. The fourth-order valence-corrected chi connectivity index (χ4v) is 3.95. The summed E-state index contributed by atoms with van der Waals surface area (Å²) in [5.74, 6) is 0.0238. The van der Waals surface area contributed by atoms with Crippen molar-refractivity contribution >= 4 is 35.3 Å². The number of benzene rings is 1. The number of aliphatic hydroxyl groups excluding tert-OH is 1. The average Bonchev–Trinajstić information content (AvgIpc) is 3.20. The van der Waals surface area contributed by atoms with Crippen LogP contribution >= 0.6 is 23.7 Å². The number of likely N-dealkylation sites (tertiary alicyclic amines) is 1. The third-order valence-corrected chi connectivity index (χ3v) is 5.47. The Morgan fingerprint density at radius 2 is 2.25 bits per heavy atom. The minimum absolute atomic E-state index is 0. The van der Waals surface area contributed by atoms with Crippen molar-refractivity contribution in [3.63, 3.8) is 0 Å². The van der Waals surface area contributed by atoms with Gasteiger partial charge < -0.3 is 15.7 Å². The second-order valence-corrected chi connectivity index (χ2v) is 7.12. The number of aryl methyl sites for hydroxylation is 1. The van der Waals surface area contributed by atoms with E-state index in [1.165, 1.54) is 0 Å². The average molecular weight is 367 g/mol. The Hall–Kier alpha value is -1.56. The first-order chi connectivity index (χ1) is 11.1. The number of hydrogen-bond donors (Lipinski definition) is 2. The second kappa shape index (κ2) is 8.01. The zero-order chi connectivity index (χ0) is 16.4. The Morgan fingerprint density at radius 3 is 2.96 bits per heavy atom. The fraction of sp³-hybridized carbons (Fsp3) is 0.389. The van der Waals surface area contributed by atoms with E-state index in [0.29, 0.717) is 17.7 Å². The summed E-state index contributed by atoms with van der Waals surface area (Å²) in [6.07, 6.45) is 2.01. The third kappa shape index (κ3) is 3.91. The van der Waals surface area contributed by atoms with Crippen LogP contribution in [0.5, 0.6) is 0 Å². The SMILES string of the molecule is Cc1ccc(N)cc1C(=O)N1CCCC1CC(O)c1cccs1.Cl. The Morgan fingerprint density at radius 1 is 1.46 bits per heavy atom. The fourth-order valence-electron chi connectivity index (χ4n) is 3.23. The van der Waals surface area contributed by atoms with E-state index in [-0.39, 0.29) is 24.4 Å². The molecule has 2 aromatic rings. The van der Waals surface area contributed by atoms with E-state index in [9.17, 15) is 9.90 Å². The van der Waals surface area contributed by atoms with Gasteiger partial charge in [0, 0.05) is 28.7 Å². The molecule has 2 heterocycles. The maximum atomic E-state index is 12.9. The van der Waals surface area contributed by atoms with Crippen LogP contribution in [0.2, 0.25) is 0 Å². The van der Waals surface area contributed by atoms with E-state index in [4.69, 9.17) is 5.73 Å². The number of halogens is 1. The van der Waals surface area contributed by atoms with Crippen molar-refractivity contribution in [2.75, 3.05) is 12.3 Å². The summed E-state index contributed by atoms with van der Waals surface area (Å²) in [6.45, 7) is 2.67. The van der Waals surface area contributed by atoms with E-state index < -0.39 is 6.10 Å². The second-order valence-electron chi connectivity index (χ2n) is 6.14. The number of amides is 1. The van der Waals surface area contributed by atoms with E-state index in [2.05, 4.69) is 0 Å². The summed E-state index contributed by atoms with van der Waals surface area (Å²) in [4.78, 5) is 15.8. The molecule has 1 amide bonds. The molecule has 1 fully saturated rings. The first-order valence-corrected chi connectivity index (χ1v) is 8.83. The largest absolute Gasteiger partial charge is 0.399 e. The van der Waals surface area contributed by atoms with Gasteiger partial charge in [-0.15, -0.1) is 23.7 Å². The monoisotopic (exact) mass is 366 g/mol. The number of nitrogens with two attached hydrogens (primary N) is 1. The summed E-state index contributed by atoms with van der Waals surface area (Å²) in [5.41, 5.74) is 8.05. The maximum absolute atomic E-state index is 12.9. The van der Waals surface area contributed by atoms with Gasteiger partial charge in [-0.05, 0) is 55.3 Å². The highest BCUT2D eigenvalue weighted by Crippen LogP contribution is 2.31. The number of anilines is 1. The predicted octanol–water partition coefficient (Wildman–Crippen LogP) is 3.79. The van der Waals surface area contributed by atoms with Crippen molar-refractivity contribution in [3.05, 3.63) is 51.7 Å². The molecule has 0 radical (unpaired) electrons. The Balaban J connectivity index is 0.00000208. The van der Waals surface area contributed by atoms with Crippen molar-refractivity contribution in [1.29, 1.82) is 0 Å². The lowest BCUT2D eigenvalue weighted by Gasteiger charge is -2.27. The van der Waals surface area contributed by atoms with Crippen LogP contribution in [0.25, 0.3) is 0 Å². The van der Waals surface area contributed by atoms with Crippen LogP contribution < -0.4 is 5.73 Å². The summed E-state index contributed by atoms with van der Waals surface area (Å²) in [5, 5.41) is 12.4. The van der Waals surface area contributed by atoms with E-state index in [1.807, 2.05) is 41.5 Å². The van der Waals surface area contributed by atoms with Crippen LogP contribution in [-0.4, -0.2) is 28.5 Å². The van der Waals surface area contributed by atoms with Gasteiger partial charge in [0.1, 0.15) is 0 Å². The van der Waals surface area contributed by atoms with Gasteiger partial charge in [-0.1, -0.05) is 12.1 Å². The van der Waals surface area contributed by atoms with E-state index in [1.54, 1.807) is 17.4 Å². The van der Waals surface area contributed by atoms with Gasteiger partial charge in [0.25, 0.3) is 5.91 Å². The maximum Gasteiger partial charge on any atom is 0.254 e. The number of nitrogen functional groups attached to an aromatic ring is 1. The zero-order valence-electron chi connectivity index (χ0n) is 13.6. The molecule has 0 bridgehead atoms. The summed E-state index contributed by atoms with van der Waals surface area (Å²) in [6, 6.07) is 9.42. The molecule has 0 saturated carbocycles. The van der Waals surface area contributed by atoms with Crippen LogP contribution in [0, 0.1) is 6.92 Å². The van der Waals surface area contributed by atoms with Crippen LogP contribution in [-0.2, 0) is 0 Å². The number of thiophene rings is 1. The molecule has 1 saturated heterocycles. The molecule has 2 unspecified atom stereocenters. The molecule has 4 nitrogen and oxygen atoms in total. The molecule has 130 valence electrons. The van der Waals surface area contributed by atoms with Crippen molar-refractivity contribution in [2.45, 2.75) is 38.3 Å². The molecular weight excluding hydrogens is 344 g/mol. The number of rotatable bonds is 4. The van der Waals surface area contributed by atoms with Crippen LogP contribution in [0.15, 0.2) is 35.7 Å². The van der Waals surface area contributed by atoms with Gasteiger partial charge in [0.05, 0.1) is 6.10 Å². The van der Waals surface area contributed by atoms with Gasteiger partial charge in [0.2, 0.25) is 0 Å². The minimum atomic E-state index is -0.504. The molecule has 1 aromatic heterocycles. The highest BCUT2D eigenvalue weighted by Gasteiger charge is 2.32. The lowest BCUT2D eigenvalue weighted by atomic mass is 10.0. The molecule has 1 aliphatic rings. The molecule has 1 aromatic carbocycles. The highest BCUT2D eigenvalue weighted by atomic mass is 35.5. The third-order valence-electron chi connectivity index (χ3n) is 4.50. The highest BCUT2D eigenvalue weighted by molar-refractivity contribution is 7.10. The standard InChI is InChI=1S/C18H22N2O2S.ClH/c1-12-6-7-13(19)10-15(12)18(22)20-8-2-4-14(20)11-16(21)17-5-3-9-23-17;/h3,5-7,9-10,14,16,21H,2,4,8,11,19H2,1H3;1H. The van der Waals surface area contributed by atoms with Gasteiger partial charge in [0.15, 0.2) is 0 Å². The first-order valence-electron chi connectivity index (χ1n) is 7.95. The Labute approximate surface area is 152 Å². The first kappa shape index (κ1) is 18.8. The summed E-state index contributed by atoms with van der Waals surface area (Å²) in [7, 11) is 0. The molecule has 3 N–H and O–H groups in total. The Kier molecular flexibility index (Phi) is 6.27. The van der Waals surface area contributed by atoms with Crippen molar-refractivity contribution in [2.24, 2.45) is 0 Å². The molecule has 1 aliphatic heterocycles. The van der Waals surface area contributed by atoms with E-state index in [0.717, 1.165) is 29.8 Å². The van der Waals surface area contributed by atoms with Crippen molar-refractivity contribution in [1.82, 2.24) is 4.90 Å². The quantitative estimate of drug-likeness (QED) is 0.809. The van der Waals surface area contributed by atoms with Crippen molar-refractivity contribution < 1.29 is 9.90 Å². The van der Waals surface area contributed by atoms with Crippen LogP contribution in [0.4, 0.5) is 5.69 Å². The lowest BCUT2D eigenvalue weighted by Crippen LogP contribution is -2.36. The summed E-state index contributed by atoms with van der Waals surface area (Å²) >= 11 is 1.55. The van der Waals surface area contributed by atoms with Gasteiger partial charge >= 0.3 is 0 Å². The van der Waals surface area contributed by atoms with Gasteiger partial charge in [-0.3, -0.25) is 4.79 Å². The van der Waals surface area contributed by atoms with Gasteiger partial charge in [-0.25, -0.2) is 0 Å². The van der Waals surface area contributed by atoms with Gasteiger partial charge in [-0.2, -0.15) is 0 Å². The topological polar surface area (TPSA) is 66.6 Å².